The van der Waals surface area contributed by atoms with Gasteiger partial charge >= 0.3 is 0 Å². The Morgan fingerprint density at radius 2 is 0.639 bits per heavy atom. The van der Waals surface area contributed by atoms with E-state index in [1.807, 2.05) is 6.08 Å². The molecule has 36 heavy (non-hydrogen) atoms. The Morgan fingerprint density at radius 1 is 0.389 bits per heavy atom. The Labute approximate surface area is 231 Å². The van der Waals surface area contributed by atoms with E-state index >= 15 is 0 Å². The van der Waals surface area contributed by atoms with Gasteiger partial charge < -0.3 is 0 Å². The van der Waals surface area contributed by atoms with Crippen molar-refractivity contribution in [3.8, 4) is 0 Å². The van der Waals surface area contributed by atoms with Crippen LogP contribution in [0.15, 0.2) is 24.8 Å². The SMILES string of the molecule is C=C(CCCCCC)CCCCCC.C=CCCCCCCCCCCCCCCCCCCCC. The zero-order valence-electron chi connectivity index (χ0n) is 26.0. The molecular weight excluding hydrogens is 432 g/mol. The molecule has 0 saturated heterocycles. The summed E-state index contributed by atoms with van der Waals surface area (Å²) in [5.74, 6) is 0. The molecule has 0 saturated carbocycles. The van der Waals surface area contributed by atoms with Gasteiger partial charge in [0.1, 0.15) is 0 Å². The van der Waals surface area contributed by atoms with Crippen molar-refractivity contribution in [3.63, 3.8) is 0 Å². The van der Waals surface area contributed by atoms with Gasteiger partial charge in [-0.15, -0.1) is 6.58 Å². The van der Waals surface area contributed by atoms with Crippen LogP contribution >= 0.6 is 0 Å². The van der Waals surface area contributed by atoms with Crippen molar-refractivity contribution in [3.05, 3.63) is 24.8 Å². The fourth-order valence-corrected chi connectivity index (χ4v) is 4.92. The summed E-state index contributed by atoms with van der Waals surface area (Å²) in [5.41, 5.74) is 1.48. The van der Waals surface area contributed by atoms with Crippen LogP contribution in [-0.4, -0.2) is 0 Å². The number of hydrogen-bond donors (Lipinski definition) is 0. The summed E-state index contributed by atoms with van der Waals surface area (Å²) in [4.78, 5) is 0. The predicted octanol–water partition coefficient (Wildman–Crippen LogP) is 14.1. The van der Waals surface area contributed by atoms with E-state index < -0.39 is 0 Å². The second-order valence-corrected chi connectivity index (χ2v) is 11.5. The topological polar surface area (TPSA) is 0 Å². The van der Waals surface area contributed by atoms with E-state index in [1.165, 1.54) is 192 Å². The third-order valence-electron chi connectivity index (χ3n) is 7.53. The van der Waals surface area contributed by atoms with Crippen LogP contribution in [0, 0.1) is 0 Å². The van der Waals surface area contributed by atoms with Gasteiger partial charge in [0.05, 0.1) is 0 Å². The molecule has 0 nitrogen and oxygen atoms in total. The second-order valence-electron chi connectivity index (χ2n) is 11.5. The van der Waals surface area contributed by atoms with Gasteiger partial charge in [-0.25, -0.2) is 0 Å². The average molecular weight is 505 g/mol. The number of unbranched alkanes of at least 4 members (excludes halogenated alkanes) is 24. The molecule has 0 aliphatic heterocycles. The van der Waals surface area contributed by atoms with E-state index in [0.717, 1.165) is 0 Å². The monoisotopic (exact) mass is 505 g/mol. The molecule has 0 aromatic carbocycles. The standard InChI is InChI=1S/C22H44.C14H28/c1-3-5-7-9-11-13-15-17-19-21-22-20-18-16-14-12-10-8-6-4-2;1-4-6-8-10-12-14(3)13-11-9-7-5-2/h3H,1,4-22H2,2H3;3-13H2,1-2H3. The van der Waals surface area contributed by atoms with Gasteiger partial charge in [-0.05, 0) is 38.5 Å². The van der Waals surface area contributed by atoms with Gasteiger partial charge in [-0.1, -0.05) is 187 Å². The molecule has 0 aromatic heterocycles. The minimum atomic E-state index is 1.21. The van der Waals surface area contributed by atoms with Crippen LogP contribution in [0.4, 0.5) is 0 Å². The third kappa shape index (κ3) is 38.0. The molecule has 0 fully saturated rings. The highest BCUT2D eigenvalue weighted by molar-refractivity contribution is 4.93. The van der Waals surface area contributed by atoms with Crippen molar-refractivity contribution in [1.82, 2.24) is 0 Å². The average Bonchev–Trinajstić information content (AvgIpc) is 2.89. The van der Waals surface area contributed by atoms with Crippen molar-refractivity contribution in [2.45, 2.75) is 207 Å². The normalized spacial score (nSPS) is 10.8. The first kappa shape index (κ1) is 37.6. The Bertz CT molecular complexity index is 379. The maximum Gasteiger partial charge on any atom is -0.0323 e. The van der Waals surface area contributed by atoms with E-state index in [4.69, 9.17) is 0 Å². The first-order valence-corrected chi connectivity index (χ1v) is 17.0. The van der Waals surface area contributed by atoms with E-state index in [1.54, 1.807) is 0 Å². The number of allylic oxidation sites excluding steroid dienone is 2. The molecule has 0 rings (SSSR count). The Hall–Kier alpha value is -0.520. The van der Waals surface area contributed by atoms with Gasteiger partial charge in [0, 0.05) is 0 Å². The van der Waals surface area contributed by atoms with Crippen molar-refractivity contribution in [1.29, 1.82) is 0 Å². The summed E-state index contributed by atoms with van der Waals surface area (Å²) < 4.78 is 0. The first-order valence-electron chi connectivity index (χ1n) is 17.0. The molecule has 0 spiro atoms. The van der Waals surface area contributed by atoms with Crippen LogP contribution in [-0.2, 0) is 0 Å². The zero-order chi connectivity index (χ0) is 26.8. The van der Waals surface area contributed by atoms with Crippen LogP contribution in [0.5, 0.6) is 0 Å². The number of rotatable bonds is 29. The smallest absolute Gasteiger partial charge is 0.0323 e. The molecule has 0 atom stereocenters. The molecule has 0 aliphatic carbocycles. The van der Waals surface area contributed by atoms with Crippen LogP contribution in [0.3, 0.4) is 0 Å². The highest BCUT2D eigenvalue weighted by Crippen LogP contribution is 2.16. The highest BCUT2D eigenvalue weighted by atomic mass is 14.0. The van der Waals surface area contributed by atoms with E-state index in [0.29, 0.717) is 0 Å². The van der Waals surface area contributed by atoms with Crippen molar-refractivity contribution in [2.75, 3.05) is 0 Å². The summed E-state index contributed by atoms with van der Waals surface area (Å²) in [6.45, 7) is 14.7. The Kier molecular flexibility index (Phi) is 38.3. The minimum Gasteiger partial charge on any atom is -0.103 e. The molecule has 0 unspecified atom stereocenters. The molecular formula is C36H72. The van der Waals surface area contributed by atoms with Gasteiger partial charge in [-0.2, -0.15) is 0 Å². The summed E-state index contributed by atoms with van der Waals surface area (Å²) in [7, 11) is 0. The number of hydrogen-bond acceptors (Lipinski definition) is 0. The van der Waals surface area contributed by atoms with Gasteiger partial charge in [0.15, 0.2) is 0 Å². The largest absolute Gasteiger partial charge is 0.103 e. The molecule has 0 N–H and O–H groups in total. The van der Waals surface area contributed by atoms with Crippen LogP contribution < -0.4 is 0 Å². The quantitative estimate of drug-likeness (QED) is 0.0701. The summed E-state index contributed by atoms with van der Waals surface area (Å²) in [6.07, 6.45) is 42.9. The Morgan fingerprint density at radius 3 is 0.917 bits per heavy atom. The molecule has 216 valence electrons. The lowest BCUT2D eigenvalue weighted by molar-refractivity contribution is 0.525. The van der Waals surface area contributed by atoms with Crippen molar-refractivity contribution >= 4 is 0 Å². The van der Waals surface area contributed by atoms with Crippen LogP contribution in [0.25, 0.3) is 0 Å². The molecule has 0 radical (unpaired) electrons. The van der Waals surface area contributed by atoms with E-state index in [9.17, 15) is 0 Å². The van der Waals surface area contributed by atoms with Gasteiger partial charge in [0.2, 0.25) is 0 Å². The molecule has 0 heteroatoms. The lowest BCUT2D eigenvalue weighted by Crippen LogP contribution is -1.85. The van der Waals surface area contributed by atoms with Crippen LogP contribution in [0.2, 0.25) is 0 Å². The molecule has 0 amide bonds. The minimum absolute atomic E-state index is 1.21. The fourth-order valence-electron chi connectivity index (χ4n) is 4.92. The van der Waals surface area contributed by atoms with Crippen molar-refractivity contribution in [2.24, 2.45) is 0 Å². The molecule has 0 aliphatic rings. The third-order valence-corrected chi connectivity index (χ3v) is 7.53. The Balaban J connectivity index is 0. The maximum absolute atomic E-state index is 4.15. The first-order chi connectivity index (χ1) is 17.7. The molecule has 0 bridgehead atoms. The fraction of sp³-hybridized carbons (Fsp3) is 0.889. The van der Waals surface area contributed by atoms with Gasteiger partial charge in [-0.3, -0.25) is 0 Å². The van der Waals surface area contributed by atoms with Crippen LogP contribution in [0.1, 0.15) is 207 Å². The summed E-state index contributed by atoms with van der Waals surface area (Å²) >= 11 is 0. The van der Waals surface area contributed by atoms with E-state index in [-0.39, 0.29) is 0 Å². The van der Waals surface area contributed by atoms with Crippen molar-refractivity contribution < 1.29 is 0 Å². The van der Waals surface area contributed by atoms with Gasteiger partial charge in [0.25, 0.3) is 0 Å². The lowest BCUT2D eigenvalue weighted by Gasteiger charge is -2.04. The molecule has 0 heterocycles. The highest BCUT2D eigenvalue weighted by Gasteiger charge is 1.96. The second kappa shape index (κ2) is 36.6. The molecule has 0 aromatic rings. The predicted molar refractivity (Wildman–Crippen MR) is 170 cm³/mol. The maximum atomic E-state index is 4.15. The van der Waals surface area contributed by atoms with E-state index in [2.05, 4.69) is 33.9 Å². The lowest BCUT2D eigenvalue weighted by atomic mass is 10.0. The zero-order valence-corrected chi connectivity index (χ0v) is 26.0. The summed E-state index contributed by atoms with van der Waals surface area (Å²) in [5, 5.41) is 0. The summed E-state index contributed by atoms with van der Waals surface area (Å²) in [6, 6.07) is 0.